The third kappa shape index (κ3) is 3.65. The van der Waals surface area contributed by atoms with Gasteiger partial charge in [0.05, 0.1) is 24.4 Å². The van der Waals surface area contributed by atoms with Crippen LogP contribution in [0, 0.1) is 17.2 Å². The second kappa shape index (κ2) is 6.33. The van der Waals surface area contributed by atoms with E-state index in [0.29, 0.717) is 36.0 Å². The largest absolute Gasteiger partial charge is 0.495 e. The Morgan fingerprint density at radius 3 is 2.62 bits per heavy atom. The van der Waals surface area contributed by atoms with Crippen LogP contribution in [0.5, 0.6) is 5.75 Å². The van der Waals surface area contributed by atoms with E-state index in [1.165, 1.54) is 17.5 Å². The molecule has 1 aromatic rings. The molecule has 0 atom stereocenters. The van der Waals surface area contributed by atoms with E-state index in [9.17, 15) is 8.42 Å². The van der Waals surface area contributed by atoms with E-state index in [1.54, 1.807) is 12.1 Å². The molecule has 0 unspecified atom stereocenters. The lowest BCUT2D eigenvalue weighted by Crippen LogP contribution is -2.41. The molecule has 0 spiro atoms. The second-order valence-corrected chi connectivity index (χ2v) is 6.89. The van der Waals surface area contributed by atoms with E-state index >= 15 is 0 Å². The van der Waals surface area contributed by atoms with Crippen molar-refractivity contribution < 1.29 is 13.2 Å². The zero-order chi connectivity index (χ0) is 15.5. The van der Waals surface area contributed by atoms with Crippen molar-refractivity contribution in [3.63, 3.8) is 0 Å². The predicted molar refractivity (Wildman–Crippen MR) is 80.2 cm³/mol. The Hall–Kier alpha value is -1.78. The maximum atomic E-state index is 12.4. The zero-order valence-electron chi connectivity index (χ0n) is 12.2. The van der Waals surface area contributed by atoms with E-state index in [4.69, 9.17) is 10.00 Å². The van der Waals surface area contributed by atoms with Crippen LogP contribution in [0.15, 0.2) is 18.2 Å². The predicted octanol–water partition coefficient (Wildman–Crippen LogP) is 1.96. The van der Waals surface area contributed by atoms with Gasteiger partial charge in [0.2, 0.25) is 0 Å². The van der Waals surface area contributed by atoms with Gasteiger partial charge in [-0.2, -0.15) is 18.0 Å². The standard InChI is InChI=1S/C14H19N3O3S/c1-11-5-7-17(8-6-11)21(18,19)16-13-4-3-12(10-15)9-14(13)20-2/h3-4,9,11,16H,5-8H2,1-2H3. The first-order chi connectivity index (χ1) is 9.96. The minimum absolute atomic E-state index is 0.336. The van der Waals surface area contributed by atoms with E-state index in [-0.39, 0.29) is 0 Å². The first-order valence-corrected chi connectivity index (χ1v) is 8.26. The van der Waals surface area contributed by atoms with Crippen molar-refractivity contribution in [3.8, 4) is 11.8 Å². The number of ether oxygens (including phenoxy) is 1. The van der Waals surface area contributed by atoms with E-state index in [1.807, 2.05) is 6.07 Å². The van der Waals surface area contributed by atoms with E-state index in [2.05, 4.69) is 11.6 Å². The molecule has 2 rings (SSSR count). The van der Waals surface area contributed by atoms with Crippen molar-refractivity contribution >= 4 is 15.9 Å². The van der Waals surface area contributed by atoms with Crippen LogP contribution >= 0.6 is 0 Å². The molecule has 1 heterocycles. The van der Waals surface area contributed by atoms with Gasteiger partial charge in [0.25, 0.3) is 0 Å². The van der Waals surface area contributed by atoms with Crippen LogP contribution in [0.1, 0.15) is 25.3 Å². The fourth-order valence-corrected chi connectivity index (χ4v) is 3.54. The molecule has 1 N–H and O–H groups in total. The number of piperidine rings is 1. The number of rotatable bonds is 4. The van der Waals surface area contributed by atoms with Crippen molar-refractivity contribution in [3.05, 3.63) is 23.8 Å². The molecule has 1 fully saturated rings. The Morgan fingerprint density at radius 2 is 2.05 bits per heavy atom. The highest BCUT2D eigenvalue weighted by atomic mass is 32.2. The lowest BCUT2D eigenvalue weighted by Gasteiger charge is -2.29. The molecule has 0 aromatic heterocycles. The number of methoxy groups -OCH3 is 1. The van der Waals surface area contributed by atoms with Crippen LogP contribution in [0.2, 0.25) is 0 Å². The van der Waals surface area contributed by atoms with Crippen molar-refractivity contribution in [1.29, 1.82) is 5.26 Å². The summed E-state index contributed by atoms with van der Waals surface area (Å²) in [5, 5.41) is 8.86. The summed E-state index contributed by atoms with van der Waals surface area (Å²) >= 11 is 0. The molecule has 1 saturated heterocycles. The molecule has 0 amide bonds. The quantitative estimate of drug-likeness (QED) is 0.921. The van der Waals surface area contributed by atoms with Gasteiger partial charge >= 0.3 is 10.2 Å². The SMILES string of the molecule is COc1cc(C#N)ccc1NS(=O)(=O)N1CCC(C)CC1. The van der Waals surface area contributed by atoms with Gasteiger partial charge in [0.1, 0.15) is 5.75 Å². The number of nitrogens with one attached hydrogen (secondary N) is 1. The van der Waals surface area contributed by atoms with Crippen molar-refractivity contribution in [2.24, 2.45) is 5.92 Å². The third-order valence-corrected chi connectivity index (χ3v) is 5.17. The van der Waals surface area contributed by atoms with Crippen LogP contribution in [0.3, 0.4) is 0 Å². The van der Waals surface area contributed by atoms with Crippen LogP contribution < -0.4 is 9.46 Å². The highest BCUT2D eigenvalue weighted by Gasteiger charge is 2.27. The van der Waals surface area contributed by atoms with Crippen LogP contribution in [0.25, 0.3) is 0 Å². The number of hydrogen-bond acceptors (Lipinski definition) is 4. The van der Waals surface area contributed by atoms with Gasteiger partial charge in [-0.25, -0.2) is 0 Å². The number of hydrogen-bond donors (Lipinski definition) is 1. The summed E-state index contributed by atoms with van der Waals surface area (Å²) in [4.78, 5) is 0. The van der Waals surface area contributed by atoms with Gasteiger partial charge in [-0.15, -0.1) is 0 Å². The van der Waals surface area contributed by atoms with Gasteiger partial charge in [0.15, 0.2) is 0 Å². The minimum Gasteiger partial charge on any atom is -0.495 e. The fraction of sp³-hybridized carbons (Fsp3) is 0.500. The van der Waals surface area contributed by atoms with Crippen molar-refractivity contribution in [2.45, 2.75) is 19.8 Å². The summed E-state index contributed by atoms with van der Waals surface area (Å²) in [5.74, 6) is 0.893. The Bertz CT molecular complexity index is 644. The summed E-state index contributed by atoms with van der Waals surface area (Å²) in [6, 6.07) is 6.60. The zero-order valence-corrected chi connectivity index (χ0v) is 13.0. The third-order valence-electron chi connectivity index (χ3n) is 3.65. The highest BCUT2D eigenvalue weighted by molar-refractivity contribution is 7.90. The number of nitrogens with zero attached hydrogens (tertiary/aromatic N) is 2. The molecule has 7 heteroatoms. The normalized spacial score (nSPS) is 17.2. The summed E-state index contributed by atoms with van der Waals surface area (Å²) in [7, 11) is -2.15. The topological polar surface area (TPSA) is 82.4 Å². The van der Waals surface area contributed by atoms with Gasteiger partial charge in [-0.1, -0.05) is 6.92 Å². The Balaban J connectivity index is 2.19. The maximum Gasteiger partial charge on any atom is 0.301 e. The van der Waals surface area contributed by atoms with Crippen LogP contribution in [0.4, 0.5) is 5.69 Å². The highest BCUT2D eigenvalue weighted by Crippen LogP contribution is 2.28. The van der Waals surface area contributed by atoms with Crippen LogP contribution in [-0.2, 0) is 10.2 Å². The second-order valence-electron chi connectivity index (χ2n) is 5.22. The molecular weight excluding hydrogens is 290 g/mol. The molecule has 0 bridgehead atoms. The molecule has 21 heavy (non-hydrogen) atoms. The molecule has 1 aliphatic rings. The monoisotopic (exact) mass is 309 g/mol. The fourth-order valence-electron chi connectivity index (χ4n) is 2.27. The number of benzene rings is 1. The summed E-state index contributed by atoms with van der Waals surface area (Å²) in [6.07, 6.45) is 1.73. The van der Waals surface area contributed by atoms with Gasteiger partial charge in [-0.3, -0.25) is 4.72 Å². The average Bonchev–Trinajstić information content (AvgIpc) is 2.47. The van der Waals surface area contributed by atoms with E-state index in [0.717, 1.165) is 12.8 Å². The van der Waals surface area contributed by atoms with Gasteiger partial charge < -0.3 is 4.74 Å². The average molecular weight is 309 g/mol. The number of nitriles is 1. The number of anilines is 1. The summed E-state index contributed by atoms with van der Waals surface area (Å²) in [5.41, 5.74) is 0.761. The lowest BCUT2D eigenvalue weighted by molar-refractivity contribution is 0.289. The van der Waals surface area contributed by atoms with Gasteiger partial charge in [0, 0.05) is 19.2 Å². The maximum absolute atomic E-state index is 12.4. The molecule has 114 valence electrons. The Morgan fingerprint density at radius 1 is 1.38 bits per heavy atom. The molecule has 1 aliphatic heterocycles. The molecule has 0 radical (unpaired) electrons. The summed E-state index contributed by atoms with van der Waals surface area (Å²) < 4.78 is 33.9. The van der Waals surface area contributed by atoms with Crippen molar-refractivity contribution in [2.75, 3.05) is 24.9 Å². The summed E-state index contributed by atoms with van der Waals surface area (Å²) in [6.45, 7) is 3.17. The van der Waals surface area contributed by atoms with E-state index < -0.39 is 10.2 Å². The molecular formula is C14H19N3O3S. The lowest BCUT2D eigenvalue weighted by atomic mass is 10.0. The first-order valence-electron chi connectivity index (χ1n) is 6.82. The molecule has 0 saturated carbocycles. The molecule has 1 aromatic carbocycles. The minimum atomic E-state index is -3.59. The van der Waals surface area contributed by atoms with Crippen LogP contribution in [-0.4, -0.2) is 32.9 Å². The molecule has 0 aliphatic carbocycles. The molecule has 6 nitrogen and oxygen atoms in total. The Kier molecular flexibility index (Phi) is 4.70. The Labute approximate surface area is 125 Å². The van der Waals surface area contributed by atoms with Gasteiger partial charge in [-0.05, 0) is 30.9 Å². The van der Waals surface area contributed by atoms with Crippen molar-refractivity contribution in [1.82, 2.24) is 4.31 Å². The smallest absolute Gasteiger partial charge is 0.301 e. The first kappa shape index (κ1) is 15.6.